The number of benzene rings is 2. The second-order valence-electron chi connectivity index (χ2n) is 5.19. The summed E-state index contributed by atoms with van der Waals surface area (Å²) in [5.41, 5.74) is 1.33. The number of ether oxygens (including phenoxy) is 1. The number of rotatable bonds is 9. The lowest BCUT2D eigenvalue weighted by Gasteiger charge is -2.08. The van der Waals surface area contributed by atoms with Gasteiger partial charge < -0.3 is 10.1 Å². The standard InChI is InChI=1S/C19H23NO2S/c1-2-6-16-9-11-17(12-10-16)22-14-13-20-19(21)15-23-18-7-4-3-5-8-18/h3-5,7-12H,2,6,13-15H2,1H3,(H,20,21). The molecule has 2 aromatic carbocycles. The Labute approximate surface area is 142 Å². The summed E-state index contributed by atoms with van der Waals surface area (Å²) in [5.74, 6) is 1.30. The van der Waals surface area contributed by atoms with E-state index in [1.54, 1.807) is 0 Å². The molecule has 4 heteroatoms. The Hall–Kier alpha value is -1.94. The lowest BCUT2D eigenvalue weighted by molar-refractivity contribution is -0.118. The van der Waals surface area contributed by atoms with Crippen LogP contribution in [0.25, 0.3) is 0 Å². The summed E-state index contributed by atoms with van der Waals surface area (Å²) in [4.78, 5) is 12.9. The minimum atomic E-state index is 0.0285. The first kappa shape index (κ1) is 17.4. The van der Waals surface area contributed by atoms with Crippen LogP contribution in [-0.4, -0.2) is 24.8 Å². The minimum Gasteiger partial charge on any atom is -0.492 e. The minimum absolute atomic E-state index is 0.0285. The third-order valence-electron chi connectivity index (χ3n) is 3.27. The zero-order valence-corrected chi connectivity index (χ0v) is 14.3. The first-order chi connectivity index (χ1) is 11.3. The number of thioether (sulfide) groups is 1. The molecule has 0 aromatic heterocycles. The van der Waals surface area contributed by atoms with E-state index in [-0.39, 0.29) is 5.91 Å². The summed E-state index contributed by atoms with van der Waals surface area (Å²) in [6.07, 6.45) is 2.24. The highest BCUT2D eigenvalue weighted by atomic mass is 32.2. The van der Waals surface area contributed by atoms with E-state index in [4.69, 9.17) is 4.74 Å². The Morgan fingerprint density at radius 1 is 1.09 bits per heavy atom. The highest BCUT2D eigenvalue weighted by Gasteiger charge is 2.02. The first-order valence-corrected chi connectivity index (χ1v) is 8.93. The number of carbonyl (C=O) groups excluding carboxylic acids is 1. The molecule has 0 radical (unpaired) electrons. The first-order valence-electron chi connectivity index (χ1n) is 7.94. The van der Waals surface area contributed by atoms with Gasteiger partial charge in [0.05, 0.1) is 12.3 Å². The predicted octanol–water partition coefficient (Wildman–Crippen LogP) is 3.93. The van der Waals surface area contributed by atoms with E-state index in [1.807, 2.05) is 42.5 Å². The SMILES string of the molecule is CCCc1ccc(OCCNC(=O)CSc2ccccc2)cc1. The molecule has 1 amide bonds. The van der Waals surface area contributed by atoms with Gasteiger partial charge in [0.25, 0.3) is 0 Å². The zero-order valence-electron chi connectivity index (χ0n) is 13.5. The molecule has 0 heterocycles. The van der Waals surface area contributed by atoms with Crippen LogP contribution in [-0.2, 0) is 11.2 Å². The van der Waals surface area contributed by atoms with Gasteiger partial charge in [-0.25, -0.2) is 0 Å². The van der Waals surface area contributed by atoms with E-state index in [0.717, 1.165) is 23.5 Å². The van der Waals surface area contributed by atoms with Crippen molar-refractivity contribution in [3.63, 3.8) is 0 Å². The van der Waals surface area contributed by atoms with E-state index in [0.29, 0.717) is 18.9 Å². The number of hydrogen-bond donors (Lipinski definition) is 1. The van der Waals surface area contributed by atoms with Crippen molar-refractivity contribution in [2.24, 2.45) is 0 Å². The van der Waals surface area contributed by atoms with Gasteiger partial charge in [-0.3, -0.25) is 4.79 Å². The van der Waals surface area contributed by atoms with Gasteiger partial charge in [0.2, 0.25) is 5.91 Å². The van der Waals surface area contributed by atoms with E-state index in [2.05, 4.69) is 24.4 Å². The molecule has 0 bridgehead atoms. The third-order valence-corrected chi connectivity index (χ3v) is 4.28. The highest BCUT2D eigenvalue weighted by molar-refractivity contribution is 8.00. The fourth-order valence-corrected chi connectivity index (χ4v) is 2.87. The molecule has 0 aliphatic heterocycles. The van der Waals surface area contributed by atoms with Crippen molar-refractivity contribution < 1.29 is 9.53 Å². The molecule has 0 fully saturated rings. The van der Waals surface area contributed by atoms with Gasteiger partial charge in [-0.2, -0.15) is 0 Å². The summed E-state index contributed by atoms with van der Waals surface area (Å²) >= 11 is 1.54. The fraction of sp³-hybridized carbons (Fsp3) is 0.316. The average Bonchev–Trinajstić information content (AvgIpc) is 2.59. The summed E-state index contributed by atoms with van der Waals surface area (Å²) in [6, 6.07) is 18.1. The van der Waals surface area contributed by atoms with Gasteiger partial charge in [0.15, 0.2) is 0 Å². The lowest BCUT2D eigenvalue weighted by Crippen LogP contribution is -2.29. The monoisotopic (exact) mass is 329 g/mol. The van der Waals surface area contributed by atoms with Gasteiger partial charge in [0.1, 0.15) is 12.4 Å². The predicted molar refractivity (Wildman–Crippen MR) is 96.1 cm³/mol. The van der Waals surface area contributed by atoms with Crippen LogP contribution in [0.3, 0.4) is 0 Å². The van der Waals surface area contributed by atoms with Gasteiger partial charge >= 0.3 is 0 Å². The molecule has 0 aliphatic carbocycles. The summed E-state index contributed by atoms with van der Waals surface area (Å²) in [5, 5.41) is 2.87. The van der Waals surface area contributed by atoms with Crippen LogP contribution in [0.5, 0.6) is 5.75 Å². The normalized spacial score (nSPS) is 10.3. The average molecular weight is 329 g/mol. The molecule has 0 aliphatic rings. The Balaban J connectivity index is 1.60. The smallest absolute Gasteiger partial charge is 0.230 e. The van der Waals surface area contributed by atoms with Crippen LogP contribution in [0.4, 0.5) is 0 Å². The van der Waals surface area contributed by atoms with Gasteiger partial charge in [-0.05, 0) is 36.2 Å². The second kappa shape index (κ2) is 9.95. The molecule has 0 saturated heterocycles. The van der Waals surface area contributed by atoms with Crippen LogP contribution in [0.2, 0.25) is 0 Å². The van der Waals surface area contributed by atoms with Crippen LogP contribution in [0.1, 0.15) is 18.9 Å². The van der Waals surface area contributed by atoms with Crippen molar-refractivity contribution in [1.29, 1.82) is 0 Å². The van der Waals surface area contributed by atoms with Gasteiger partial charge in [-0.1, -0.05) is 43.7 Å². The number of hydrogen-bond acceptors (Lipinski definition) is 3. The molecule has 0 atom stereocenters. The van der Waals surface area contributed by atoms with Crippen LogP contribution in [0, 0.1) is 0 Å². The van der Waals surface area contributed by atoms with Crippen molar-refractivity contribution in [2.45, 2.75) is 24.7 Å². The zero-order chi connectivity index (χ0) is 16.3. The molecule has 0 saturated carbocycles. The van der Waals surface area contributed by atoms with Crippen molar-refractivity contribution in [3.8, 4) is 5.75 Å². The molecule has 2 rings (SSSR count). The molecule has 0 spiro atoms. The largest absolute Gasteiger partial charge is 0.492 e. The Kier molecular flexibility index (Phi) is 7.54. The van der Waals surface area contributed by atoms with Crippen LogP contribution in [0.15, 0.2) is 59.5 Å². The van der Waals surface area contributed by atoms with E-state index in [9.17, 15) is 4.79 Å². The van der Waals surface area contributed by atoms with Crippen molar-refractivity contribution >= 4 is 17.7 Å². The lowest BCUT2D eigenvalue weighted by atomic mass is 10.1. The van der Waals surface area contributed by atoms with Crippen molar-refractivity contribution in [3.05, 3.63) is 60.2 Å². The summed E-state index contributed by atoms with van der Waals surface area (Å²) in [7, 11) is 0. The van der Waals surface area contributed by atoms with Crippen LogP contribution >= 0.6 is 11.8 Å². The quantitative estimate of drug-likeness (QED) is 0.560. The third kappa shape index (κ3) is 6.78. The summed E-state index contributed by atoms with van der Waals surface area (Å²) in [6.45, 7) is 3.17. The number of aryl methyl sites for hydroxylation is 1. The maximum atomic E-state index is 11.8. The molecule has 23 heavy (non-hydrogen) atoms. The van der Waals surface area contributed by atoms with E-state index >= 15 is 0 Å². The summed E-state index contributed by atoms with van der Waals surface area (Å²) < 4.78 is 5.63. The van der Waals surface area contributed by atoms with E-state index in [1.165, 1.54) is 17.3 Å². The van der Waals surface area contributed by atoms with Gasteiger partial charge in [0, 0.05) is 4.90 Å². The number of amides is 1. The Bertz CT molecular complexity index is 584. The molecule has 1 N–H and O–H groups in total. The molecular formula is C19H23NO2S. The van der Waals surface area contributed by atoms with Gasteiger partial charge in [-0.15, -0.1) is 11.8 Å². The molecule has 0 unspecified atom stereocenters. The maximum Gasteiger partial charge on any atom is 0.230 e. The van der Waals surface area contributed by atoms with Crippen molar-refractivity contribution in [2.75, 3.05) is 18.9 Å². The van der Waals surface area contributed by atoms with Crippen LogP contribution < -0.4 is 10.1 Å². The van der Waals surface area contributed by atoms with Crippen molar-refractivity contribution in [1.82, 2.24) is 5.32 Å². The molecule has 3 nitrogen and oxygen atoms in total. The molecule has 2 aromatic rings. The fourth-order valence-electron chi connectivity index (χ4n) is 2.12. The molecule has 122 valence electrons. The Morgan fingerprint density at radius 3 is 2.52 bits per heavy atom. The number of carbonyl (C=O) groups is 1. The highest BCUT2D eigenvalue weighted by Crippen LogP contribution is 2.16. The second-order valence-corrected chi connectivity index (χ2v) is 6.24. The number of nitrogens with one attached hydrogen (secondary N) is 1. The topological polar surface area (TPSA) is 38.3 Å². The maximum absolute atomic E-state index is 11.8. The van der Waals surface area contributed by atoms with E-state index < -0.39 is 0 Å². The molecular weight excluding hydrogens is 306 g/mol. The Morgan fingerprint density at radius 2 is 1.83 bits per heavy atom.